The third-order valence-corrected chi connectivity index (χ3v) is 4.77. The highest BCUT2D eigenvalue weighted by molar-refractivity contribution is 7.20. The molecule has 0 bridgehead atoms. The van der Waals surface area contributed by atoms with E-state index < -0.39 is 0 Å². The first-order valence-corrected chi connectivity index (χ1v) is 8.11. The molecule has 0 fully saturated rings. The Bertz CT molecular complexity index is 1010. The SMILES string of the molecule is Cn1ccnc1-c1cc(NC(=O)c2cc3ncccc3s2)n(C)n1. The van der Waals surface area contributed by atoms with Crippen molar-refractivity contribution in [2.45, 2.75) is 0 Å². The van der Waals surface area contributed by atoms with Gasteiger partial charge in [-0.15, -0.1) is 11.3 Å². The molecular formula is C16H14N6OS. The summed E-state index contributed by atoms with van der Waals surface area (Å²) < 4.78 is 4.50. The minimum absolute atomic E-state index is 0.174. The zero-order valence-electron chi connectivity index (χ0n) is 13.1. The molecule has 0 aliphatic carbocycles. The average molecular weight is 338 g/mol. The molecule has 4 rings (SSSR count). The topological polar surface area (TPSA) is 77.6 Å². The van der Waals surface area contributed by atoms with Gasteiger partial charge >= 0.3 is 0 Å². The number of hydrogen-bond donors (Lipinski definition) is 1. The third kappa shape index (κ3) is 2.46. The molecule has 24 heavy (non-hydrogen) atoms. The molecule has 120 valence electrons. The van der Waals surface area contributed by atoms with Gasteiger partial charge in [0.15, 0.2) is 5.82 Å². The standard InChI is InChI=1S/C16H14N6OS/c1-21-7-6-18-15(21)11-9-14(22(2)20-11)19-16(23)13-8-10-12(24-13)4-3-5-17-10/h3-9H,1-2H3,(H,19,23). The predicted octanol–water partition coefficient (Wildman–Crippen LogP) is 2.68. The summed E-state index contributed by atoms with van der Waals surface area (Å²) in [5.74, 6) is 1.19. The van der Waals surface area contributed by atoms with Crippen molar-refractivity contribution >= 4 is 33.3 Å². The zero-order chi connectivity index (χ0) is 16.7. The van der Waals surface area contributed by atoms with Crippen molar-refractivity contribution in [3.63, 3.8) is 0 Å². The third-order valence-electron chi connectivity index (χ3n) is 3.68. The molecule has 4 aromatic rings. The lowest BCUT2D eigenvalue weighted by Crippen LogP contribution is -2.13. The number of pyridine rings is 1. The molecule has 0 spiro atoms. The number of nitrogens with one attached hydrogen (secondary N) is 1. The van der Waals surface area contributed by atoms with E-state index in [1.54, 1.807) is 30.2 Å². The molecule has 1 N–H and O–H groups in total. The van der Waals surface area contributed by atoms with Crippen LogP contribution >= 0.6 is 11.3 Å². The molecule has 0 aliphatic rings. The predicted molar refractivity (Wildman–Crippen MR) is 93.0 cm³/mol. The van der Waals surface area contributed by atoms with E-state index in [9.17, 15) is 4.79 Å². The molecule has 4 aromatic heterocycles. The lowest BCUT2D eigenvalue weighted by Gasteiger charge is -2.02. The minimum atomic E-state index is -0.174. The van der Waals surface area contributed by atoms with Crippen LogP contribution in [0.2, 0.25) is 0 Å². The zero-order valence-corrected chi connectivity index (χ0v) is 13.9. The second kappa shape index (κ2) is 5.57. The van der Waals surface area contributed by atoms with Gasteiger partial charge in [-0.2, -0.15) is 5.10 Å². The van der Waals surface area contributed by atoms with Gasteiger partial charge in [0.1, 0.15) is 11.5 Å². The molecule has 0 saturated carbocycles. The highest BCUT2D eigenvalue weighted by Gasteiger charge is 2.15. The number of carbonyl (C=O) groups is 1. The van der Waals surface area contributed by atoms with E-state index in [1.807, 2.05) is 36.0 Å². The van der Waals surface area contributed by atoms with Crippen LogP contribution in [0.1, 0.15) is 9.67 Å². The van der Waals surface area contributed by atoms with Gasteiger partial charge in [-0.1, -0.05) is 0 Å². The highest BCUT2D eigenvalue weighted by Crippen LogP contribution is 2.25. The largest absolute Gasteiger partial charge is 0.333 e. The van der Waals surface area contributed by atoms with E-state index in [1.165, 1.54) is 11.3 Å². The van der Waals surface area contributed by atoms with E-state index >= 15 is 0 Å². The Morgan fingerprint density at radius 1 is 1.21 bits per heavy atom. The molecule has 4 heterocycles. The number of aromatic nitrogens is 5. The number of imidazole rings is 1. The molecule has 1 amide bonds. The van der Waals surface area contributed by atoms with Crippen molar-refractivity contribution in [2.75, 3.05) is 5.32 Å². The summed E-state index contributed by atoms with van der Waals surface area (Å²) in [5, 5.41) is 7.31. The fraction of sp³-hybridized carbons (Fsp3) is 0.125. The maximum absolute atomic E-state index is 12.5. The normalized spacial score (nSPS) is 11.1. The molecular weight excluding hydrogens is 324 g/mol. The van der Waals surface area contributed by atoms with Gasteiger partial charge in [0.25, 0.3) is 5.91 Å². The monoisotopic (exact) mass is 338 g/mol. The lowest BCUT2D eigenvalue weighted by molar-refractivity contribution is 0.102. The Morgan fingerprint density at radius 3 is 2.83 bits per heavy atom. The number of hydrogen-bond acceptors (Lipinski definition) is 5. The van der Waals surface area contributed by atoms with Gasteiger partial charge in [0.05, 0.1) is 15.1 Å². The Balaban J connectivity index is 1.62. The van der Waals surface area contributed by atoms with Crippen molar-refractivity contribution in [3.8, 4) is 11.5 Å². The maximum Gasteiger partial charge on any atom is 0.266 e. The van der Waals surface area contributed by atoms with Crippen molar-refractivity contribution in [3.05, 3.63) is 47.7 Å². The molecule has 0 aliphatic heterocycles. The van der Waals surface area contributed by atoms with Crippen LogP contribution in [0, 0.1) is 0 Å². The maximum atomic E-state index is 12.5. The minimum Gasteiger partial charge on any atom is -0.333 e. The first kappa shape index (κ1) is 14.6. The Morgan fingerprint density at radius 2 is 2.08 bits per heavy atom. The summed E-state index contributed by atoms with van der Waals surface area (Å²) in [7, 11) is 3.69. The fourth-order valence-electron chi connectivity index (χ4n) is 2.47. The quantitative estimate of drug-likeness (QED) is 0.623. The van der Waals surface area contributed by atoms with Crippen LogP contribution in [-0.2, 0) is 14.1 Å². The van der Waals surface area contributed by atoms with E-state index in [0.29, 0.717) is 16.4 Å². The second-order valence-electron chi connectivity index (χ2n) is 5.35. The summed E-state index contributed by atoms with van der Waals surface area (Å²) in [6.45, 7) is 0. The summed E-state index contributed by atoms with van der Waals surface area (Å²) in [4.78, 5) is 21.7. The summed E-state index contributed by atoms with van der Waals surface area (Å²) in [6.07, 6.45) is 5.29. The number of nitrogens with zero attached hydrogens (tertiary/aromatic N) is 5. The van der Waals surface area contributed by atoms with Crippen LogP contribution in [0.25, 0.3) is 21.7 Å². The highest BCUT2D eigenvalue weighted by atomic mass is 32.1. The lowest BCUT2D eigenvalue weighted by atomic mass is 10.3. The number of aryl methyl sites for hydroxylation is 2. The van der Waals surface area contributed by atoms with Crippen LogP contribution in [0.15, 0.2) is 42.9 Å². The summed E-state index contributed by atoms with van der Waals surface area (Å²) in [5.41, 5.74) is 1.53. The molecule has 0 aromatic carbocycles. The van der Waals surface area contributed by atoms with Crippen LogP contribution in [0.5, 0.6) is 0 Å². The van der Waals surface area contributed by atoms with Crippen LogP contribution in [0.4, 0.5) is 5.82 Å². The number of anilines is 1. The number of fused-ring (bicyclic) bond motifs is 1. The van der Waals surface area contributed by atoms with Crippen LogP contribution < -0.4 is 5.32 Å². The molecule has 0 radical (unpaired) electrons. The van der Waals surface area contributed by atoms with E-state index in [4.69, 9.17) is 0 Å². The number of amides is 1. The van der Waals surface area contributed by atoms with Gasteiger partial charge in [0.2, 0.25) is 0 Å². The smallest absolute Gasteiger partial charge is 0.266 e. The summed E-state index contributed by atoms with van der Waals surface area (Å²) in [6, 6.07) is 7.42. The Kier molecular flexibility index (Phi) is 3.39. The first-order valence-electron chi connectivity index (χ1n) is 7.29. The van der Waals surface area contributed by atoms with E-state index in [-0.39, 0.29) is 5.91 Å². The van der Waals surface area contributed by atoms with Gasteiger partial charge in [-0.05, 0) is 18.2 Å². The summed E-state index contributed by atoms with van der Waals surface area (Å²) >= 11 is 1.42. The van der Waals surface area contributed by atoms with Crippen molar-refractivity contribution in [2.24, 2.45) is 14.1 Å². The van der Waals surface area contributed by atoms with Gasteiger partial charge in [0, 0.05) is 38.8 Å². The fourth-order valence-corrected chi connectivity index (χ4v) is 3.38. The number of carbonyl (C=O) groups excluding carboxylic acids is 1. The van der Waals surface area contributed by atoms with Gasteiger partial charge in [-0.3, -0.25) is 14.5 Å². The Labute approximate surface area is 141 Å². The molecule has 0 atom stereocenters. The molecule has 0 unspecified atom stereocenters. The number of rotatable bonds is 3. The average Bonchev–Trinajstić information content (AvgIpc) is 3.26. The van der Waals surface area contributed by atoms with E-state index in [0.717, 1.165) is 16.0 Å². The van der Waals surface area contributed by atoms with Crippen molar-refractivity contribution in [1.82, 2.24) is 24.3 Å². The molecule has 8 heteroatoms. The molecule has 0 saturated heterocycles. The first-order chi connectivity index (χ1) is 11.6. The van der Waals surface area contributed by atoms with Crippen molar-refractivity contribution < 1.29 is 4.79 Å². The van der Waals surface area contributed by atoms with Gasteiger partial charge < -0.3 is 9.88 Å². The molecule has 7 nitrogen and oxygen atoms in total. The second-order valence-corrected chi connectivity index (χ2v) is 6.44. The Hall–Kier alpha value is -3.00. The van der Waals surface area contributed by atoms with Crippen LogP contribution in [0.3, 0.4) is 0 Å². The van der Waals surface area contributed by atoms with E-state index in [2.05, 4.69) is 20.4 Å². The van der Waals surface area contributed by atoms with Crippen LogP contribution in [-0.4, -0.2) is 30.2 Å². The van der Waals surface area contributed by atoms with Crippen molar-refractivity contribution in [1.29, 1.82) is 0 Å². The van der Waals surface area contributed by atoms with Gasteiger partial charge in [-0.25, -0.2) is 4.98 Å². The number of thiophene rings is 1.